The number of benzene rings is 3. The number of carbonyl (C=O) groups excluding carboxylic acids is 1. The fraction of sp³-hybridized carbons (Fsp3) is 0.226. The maximum atomic E-state index is 13.0. The van der Waals surface area contributed by atoms with Crippen LogP contribution < -0.4 is 33.7 Å². The van der Waals surface area contributed by atoms with Gasteiger partial charge in [-0.3, -0.25) is 9.78 Å². The molecule has 0 spiro atoms. The zero-order valence-electron chi connectivity index (χ0n) is 23.4. The zero-order chi connectivity index (χ0) is 28.6. The molecule has 0 radical (unpaired) electrons. The van der Waals surface area contributed by atoms with E-state index in [-0.39, 0.29) is 5.91 Å². The van der Waals surface area contributed by atoms with Crippen molar-refractivity contribution in [3.8, 4) is 34.5 Å². The maximum Gasteiger partial charge on any atom is 0.248 e. The minimum Gasteiger partial charge on any atom is -0.493 e. The molecule has 0 atom stereocenters. The number of pyridine rings is 1. The second kappa shape index (κ2) is 12.8. The van der Waals surface area contributed by atoms with Gasteiger partial charge in [-0.05, 0) is 59.0 Å². The van der Waals surface area contributed by atoms with Crippen molar-refractivity contribution in [1.82, 2.24) is 4.98 Å². The lowest BCUT2D eigenvalue weighted by atomic mass is 10.0. The Balaban J connectivity index is 1.68. The number of nitrogens with one attached hydrogen (secondary N) is 1. The number of hydrogen-bond donors (Lipinski definition) is 1. The summed E-state index contributed by atoms with van der Waals surface area (Å²) in [5.74, 6) is 3.12. The monoisotopic (exact) mass is 544 g/mol. The molecule has 1 aromatic heterocycles. The van der Waals surface area contributed by atoms with Crippen LogP contribution in [0.5, 0.6) is 34.5 Å². The molecule has 0 aliphatic heterocycles. The highest BCUT2D eigenvalue weighted by atomic mass is 16.5. The lowest BCUT2D eigenvalue weighted by molar-refractivity contribution is -0.111. The Kier molecular flexibility index (Phi) is 8.96. The molecule has 0 fully saturated rings. The van der Waals surface area contributed by atoms with Crippen molar-refractivity contribution in [3.63, 3.8) is 0 Å². The number of hydrogen-bond acceptors (Lipinski definition) is 8. The summed E-state index contributed by atoms with van der Waals surface area (Å²) in [4.78, 5) is 17.7. The Bertz CT molecular complexity index is 1550. The fourth-order valence-corrected chi connectivity index (χ4v) is 4.37. The summed E-state index contributed by atoms with van der Waals surface area (Å²) >= 11 is 0. The van der Waals surface area contributed by atoms with Crippen LogP contribution in [0.2, 0.25) is 0 Å². The number of nitrogens with zero attached hydrogens (tertiary/aromatic N) is 1. The van der Waals surface area contributed by atoms with Gasteiger partial charge < -0.3 is 33.7 Å². The first-order chi connectivity index (χ1) is 19.4. The molecule has 1 amide bonds. The lowest BCUT2D eigenvalue weighted by Crippen LogP contribution is -2.11. The SMILES string of the molecule is COc1ccc(/C=C/C(=O)Nc2cc(OC)c(OC)cc2Cc2nccc3cc(OC)c(OC)cc23)cc1OC. The normalized spacial score (nSPS) is 10.8. The van der Waals surface area contributed by atoms with E-state index in [2.05, 4.69) is 10.3 Å². The third kappa shape index (κ3) is 6.04. The van der Waals surface area contributed by atoms with Gasteiger partial charge in [-0.2, -0.15) is 0 Å². The number of carbonyl (C=O) groups is 1. The number of amides is 1. The van der Waals surface area contributed by atoms with Crippen LogP contribution in [0.15, 0.2) is 60.8 Å². The molecule has 0 aliphatic rings. The second-order valence-corrected chi connectivity index (χ2v) is 8.66. The van der Waals surface area contributed by atoms with Gasteiger partial charge >= 0.3 is 0 Å². The average molecular weight is 545 g/mol. The van der Waals surface area contributed by atoms with E-state index in [4.69, 9.17) is 28.4 Å². The molecular formula is C31H32N2O7. The largest absolute Gasteiger partial charge is 0.493 e. The van der Waals surface area contributed by atoms with Gasteiger partial charge in [0.2, 0.25) is 5.91 Å². The number of methoxy groups -OCH3 is 6. The third-order valence-corrected chi connectivity index (χ3v) is 6.41. The molecule has 9 heteroatoms. The van der Waals surface area contributed by atoms with E-state index in [1.54, 1.807) is 73.1 Å². The van der Waals surface area contributed by atoms with E-state index < -0.39 is 0 Å². The Morgan fingerprint density at radius 2 is 1.32 bits per heavy atom. The minimum atomic E-state index is -0.319. The standard InChI is InChI=1S/C31H32N2O7/c1-35-25-9-7-19(13-26(25)36-2)8-10-31(34)33-23-18-30(40-6)28(38-4)16-21(23)14-24-22-17-29(39-5)27(37-3)15-20(22)11-12-32-24/h7-13,15-18H,14H2,1-6H3,(H,33,34)/b10-8+. The lowest BCUT2D eigenvalue weighted by Gasteiger charge is -2.16. The molecule has 40 heavy (non-hydrogen) atoms. The summed E-state index contributed by atoms with van der Waals surface area (Å²) in [7, 11) is 9.45. The summed E-state index contributed by atoms with van der Waals surface area (Å²) in [5, 5.41) is 4.83. The first-order valence-electron chi connectivity index (χ1n) is 12.4. The van der Waals surface area contributed by atoms with Crippen LogP contribution in [0.25, 0.3) is 16.8 Å². The summed E-state index contributed by atoms with van der Waals surface area (Å²) in [6.07, 6.45) is 5.30. The highest BCUT2D eigenvalue weighted by Gasteiger charge is 2.16. The van der Waals surface area contributed by atoms with Crippen LogP contribution >= 0.6 is 0 Å². The van der Waals surface area contributed by atoms with Crippen molar-refractivity contribution >= 4 is 28.4 Å². The summed E-state index contributed by atoms with van der Waals surface area (Å²) < 4.78 is 32.6. The van der Waals surface area contributed by atoms with E-state index in [1.807, 2.05) is 30.3 Å². The van der Waals surface area contributed by atoms with E-state index in [1.165, 1.54) is 6.08 Å². The third-order valence-electron chi connectivity index (χ3n) is 6.41. The van der Waals surface area contributed by atoms with Gasteiger partial charge in [-0.1, -0.05) is 6.07 Å². The first-order valence-corrected chi connectivity index (χ1v) is 12.4. The molecule has 1 heterocycles. The molecule has 0 saturated carbocycles. The van der Waals surface area contributed by atoms with Gasteiger partial charge in [-0.25, -0.2) is 0 Å². The molecule has 0 bridgehead atoms. The van der Waals surface area contributed by atoms with Crippen molar-refractivity contribution in [1.29, 1.82) is 0 Å². The van der Waals surface area contributed by atoms with E-state index in [0.29, 0.717) is 46.6 Å². The predicted molar refractivity (Wildman–Crippen MR) is 154 cm³/mol. The average Bonchev–Trinajstić information content (AvgIpc) is 2.99. The maximum absolute atomic E-state index is 13.0. The number of fused-ring (bicyclic) bond motifs is 1. The van der Waals surface area contributed by atoms with Crippen LogP contribution in [0.1, 0.15) is 16.8 Å². The number of aromatic nitrogens is 1. The number of anilines is 1. The molecule has 4 aromatic rings. The molecule has 4 rings (SSSR count). The summed E-state index contributed by atoms with van der Waals surface area (Å²) in [5.41, 5.74) is 2.94. The molecule has 0 aliphatic carbocycles. The van der Waals surface area contributed by atoms with Gasteiger partial charge in [0.15, 0.2) is 34.5 Å². The number of ether oxygens (including phenoxy) is 6. The Labute approximate surface area is 233 Å². The Morgan fingerprint density at radius 1 is 0.725 bits per heavy atom. The topological polar surface area (TPSA) is 97.4 Å². The Hall–Kier alpha value is -4.92. The first kappa shape index (κ1) is 28.1. The summed E-state index contributed by atoms with van der Waals surface area (Å²) in [6, 6.07) is 14.7. The fourth-order valence-electron chi connectivity index (χ4n) is 4.37. The molecule has 208 valence electrons. The van der Waals surface area contributed by atoms with E-state index >= 15 is 0 Å². The molecule has 3 aromatic carbocycles. The Morgan fingerprint density at radius 3 is 2.00 bits per heavy atom. The van der Waals surface area contributed by atoms with Crippen LogP contribution in [0.3, 0.4) is 0 Å². The van der Waals surface area contributed by atoms with Gasteiger partial charge in [0, 0.05) is 35.8 Å². The summed E-state index contributed by atoms with van der Waals surface area (Å²) in [6.45, 7) is 0. The molecule has 1 N–H and O–H groups in total. The van der Waals surface area contributed by atoms with Crippen molar-refractivity contribution in [2.75, 3.05) is 48.0 Å². The van der Waals surface area contributed by atoms with Crippen LogP contribution in [-0.4, -0.2) is 53.5 Å². The van der Waals surface area contributed by atoms with E-state index in [0.717, 1.165) is 27.6 Å². The zero-order valence-corrected chi connectivity index (χ0v) is 23.4. The second-order valence-electron chi connectivity index (χ2n) is 8.66. The van der Waals surface area contributed by atoms with E-state index in [9.17, 15) is 4.79 Å². The van der Waals surface area contributed by atoms with Gasteiger partial charge in [0.1, 0.15) is 0 Å². The van der Waals surface area contributed by atoms with Gasteiger partial charge in [0.25, 0.3) is 0 Å². The van der Waals surface area contributed by atoms with Crippen LogP contribution in [-0.2, 0) is 11.2 Å². The predicted octanol–water partition coefficient (Wildman–Crippen LogP) is 5.53. The minimum absolute atomic E-state index is 0.319. The highest BCUT2D eigenvalue weighted by Crippen LogP contribution is 2.37. The quantitative estimate of drug-likeness (QED) is 0.246. The van der Waals surface area contributed by atoms with Crippen LogP contribution in [0.4, 0.5) is 5.69 Å². The highest BCUT2D eigenvalue weighted by molar-refractivity contribution is 6.02. The van der Waals surface area contributed by atoms with Gasteiger partial charge in [0.05, 0.1) is 48.4 Å². The molecular weight excluding hydrogens is 512 g/mol. The van der Waals surface area contributed by atoms with Crippen LogP contribution in [0, 0.1) is 0 Å². The van der Waals surface area contributed by atoms with Crippen molar-refractivity contribution in [3.05, 3.63) is 77.6 Å². The smallest absolute Gasteiger partial charge is 0.248 e. The molecule has 0 unspecified atom stereocenters. The van der Waals surface area contributed by atoms with Gasteiger partial charge in [-0.15, -0.1) is 0 Å². The van der Waals surface area contributed by atoms with Crippen molar-refractivity contribution in [2.45, 2.75) is 6.42 Å². The molecule has 0 saturated heterocycles. The molecule has 9 nitrogen and oxygen atoms in total. The van der Waals surface area contributed by atoms with Crippen molar-refractivity contribution < 1.29 is 33.2 Å². The number of rotatable bonds is 11. The van der Waals surface area contributed by atoms with Crippen molar-refractivity contribution in [2.24, 2.45) is 0 Å².